The molecule has 0 atom stereocenters. The Morgan fingerprint density at radius 3 is 2.78 bits per heavy atom. The fourth-order valence-corrected chi connectivity index (χ4v) is 3.63. The van der Waals surface area contributed by atoms with Gasteiger partial charge in [0.2, 0.25) is 0 Å². The second-order valence-corrected chi connectivity index (χ2v) is 7.02. The van der Waals surface area contributed by atoms with Crippen LogP contribution in [0.5, 0.6) is 0 Å². The minimum Gasteiger partial charge on any atom is -0.450 e. The molecule has 0 bridgehead atoms. The summed E-state index contributed by atoms with van der Waals surface area (Å²) in [7, 11) is 0. The van der Waals surface area contributed by atoms with Gasteiger partial charge in [-0.1, -0.05) is 6.07 Å². The topological polar surface area (TPSA) is 58.0 Å². The maximum Gasteiger partial charge on any atom is 0.287 e. The van der Waals surface area contributed by atoms with Crippen LogP contribution in [0.2, 0.25) is 0 Å². The first kappa shape index (κ1) is 17.3. The normalized spacial score (nSPS) is 11.4. The third-order valence-electron chi connectivity index (χ3n) is 4.98. The summed E-state index contributed by atoms with van der Waals surface area (Å²) in [4.78, 5) is 15.7. The number of fused-ring (bicyclic) bond motifs is 2. The van der Waals surface area contributed by atoms with Crippen LogP contribution < -0.4 is 5.32 Å². The molecule has 0 aliphatic carbocycles. The average molecular weight is 364 g/mol. The van der Waals surface area contributed by atoms with Crippen molar-refractivity contribution in [1.29, 1.82) is 0 Å². The first-order valence-electron chi connectivity index (χ1n) is 8.98. The summed E-state index contributed by atoms with van der Waals surface area (Å²) in [5.74, 6) is -0.147. The van der Waals surface area contributed by atoms with Crippen molar-refractivity contribution in [2.24, 2.45) is 0 Å². The van der Waals surface area contributed by atoms with Gasteiger partial charge in [-0.3, -0.25) is 4.79 Å². The third-order valence-corrected chi connectivity index (χ3v) is 4.98. The molecule has 0 spiro atoms. The van der Waals surface area contributed by atoms with E-state index in [9.17, 15) is 9.18 Å². The molecule has 0 unspecified atom stereocenters. The zero-order valence-corrected chi connectivity index (χ0v) is 15.6. The SMILES string of the molecule is Cc1cc(C)c2oc(C(=O)NCCc3c[nH]c4ccc(F)cc34)c(C)c2c1. The second-order valence-electron chi connectivity index (χ2n) is 7.02. The Morgan fingerprint density at radius 1 is 1.15 bits per heavy atom. The zero-order chi connectivity index (χ0) is 19.1. The molecule has 2 aromatic heterocycles. The quantitative estimate of drug-likeness (QED) is 0.538. The fourth-order valence-electron chi connectivity index (χ4n) is 3.63. The summed E-state index contributed by atoms with van der Waals surface area (Å²) in [5.41, 5.74) is 5.63. The lowest BCUT2D eigenvalue weighted by molar-refractivity contribution is 0.0928. The lowest BCUT2D eigenvalue weighted by atomic mass is 10.1. The molecule has 0 aliphatic heterocycles. The van der Waals surface area contributed by atoms with Gasteiger partial charge in [0.05, 0.1) is 0 Å². The molecule has 2 N–H and O–H groups in total. The summed E-state index contributed by atoms with van der Waals surface area (Å²) >= 11 is 0. The van der Waals surface area contributed by atoms with Gasteiger partial charge in [0.1, 0.15) is 11.4 Å². The van der Waals surface area contributed by atoms with Crippen LogP contribution in [0.1, 0.15) is 32.8 Å². The molecule has 27 heavy (non-hydrogen) atoms. The predicted molar refractivity (Wildman–Crippen MR) is 105 cm³/mol. The standard InChI is InChI=1S/C22H21FN2O2/c1-12-8-13(2)20-17(9-12)14(3)21(27-20)22(26)24-7-6-15-11-25-19-5-4-16(23)10-18(15)19/h4-5,8-11,25H,6-7H2,1-3H3,(H,24,26). The van der Waals surface area contributed by atoms with E-state index >= 15 is 0 Å². The summed E-state index contributed by atoms with van der Waals surface area (Å²) in [6, 6.07) is 8.74. The first-order chi connectivity index (χ1) is 12.9. The van der Waals surface area contributed by atoms with Gasteiger partial charge in [-0.2, -0.15) is 0 Å². The molecule has 2 heterocycles. The van der Waals surface area contributed by atoms with Crippen LogP contribution in [0.15, 0.2) is 40.9 Å². The Balaban J connectivity index is 1.51. The minimum atomic E-state index is -0.268. The number of aromatic nitrogens is 1. The highest BCUT2D eigenvalue weighted by Gasteiger charge is 2.18. The number of halogens is 1. The van der Waals surface area contributed by atoms with Crippen molar-refractivity contribution in [3.63, 3.8) is 0 Å². The van der Waals surface area contributed by atoms with Gasteiger partial charge in [-0.05, 0) is 68.1 Å². The van der Waals surface area contributed by atoms with Crippen LogP contribution in [0.3, 0.4) is 0 Å². The molecule has 0 saturated carbocycles. The summed E-state index contributed by atoms with van der Waals surface area (Å²) in [6.45, 7) is 6.36. The van der Waals surface area contributed by atoms with Crippen LogP contribution in [-0.2, 0) is 6.42 Å². The molecule has 4 rings (SSSR count). The molecule has 4 aromatic rings. The van der Waals surface area contributed by atoms with E-state index in [0.717, 1.165) is 44.1 Å². The monoisotopic (exact) mass is 364 g/mol. The zero-order valence-electron chi connectivity index (χ0n) is 15.6. The van der Waals surface area contributed by atoms with Crippen molar-refractivity contribution in [3.8, 4) is 0 Å². The number of amides is 1. The van der Waals surface area contributed by atoms with Crippen molar-refractivity contribution in [3.05, 3.63) is 70.4 Å². The molecule has 0 radical (unpaired) electrons. The number of H-pyrrole nitrogens is 1. The highest BCUT2D eigenvalue weighted by atomic mass is 19.1. The Morgan fingerprint density at radius 2 is 1.96 bits per heavy atom. The molecule has 1 amide bonds. The number of nitrogens with one attached hydrogen (secondary N) is 2. The number of carbonyl (C=O) groups is 1. The Bertz CT molecular complexity index is 1170. The molecular formula is C22H21FN2O2. The second kappa shape index (κ2) is 6.58. The van der Waals surface area contributed by atoms with Crippen LogP contribution in [0.25, 0.3) is 21.9 Å². The lowest BCUT2D eigenvalue weighted by Crippen LogP contribution is -2.25. The van der Waals surface area contributed by atoms with Gasteiger partial charge in [0.25, 0.3) is 5.91 Å². The molecule has 0 saturated heterocycles. The van der Waals surface area contributed by atoms with E-state index in [1.54, 1.807) is 6.07 Å². The number of benzene rings is 2. The van der Waals surface area contributed by atoms with E-state index in [2.05, 4.69) is 10.3 Å². The smallest absolute Gasteiger partial charge is 0.287 e. The van der Waals surface area contributed by atoms with Crippen molar-refractivity contribution in [2.75, 3.05) is 6.54 Å². The van der Waals surface area contributed by atoms with Crippen LogP contribution >= 0.6 is 0 Å². The van der Waals surface area contributed by atoms with E-state index in [-0.39, 0.29) is 11.7 Å². The van der Waals surface area contributed by atoms with E-state index in [1.807, 2.05) is 39.1 Å². The van der Waals surface area contributed by atoms with Gasteiger partial charge in [0.15, 0.2) is 5.76 Å². The molecule has 5 heteroatoms. The van der Waals surface area contributed by atoms with Crippen LogP contribution in [0, 0.1) is 26.6 Å². The predicted octanol–water partition coefficient (Wildman–Crippen LogP) is 4.95. The lowest BCUT2D eigenvalue weighted by Gasteiger charge is -2.04. The van der Waals surface area contributed by atoms with Gasteiger partial charge in [0, 0.05) is 34.6 Å². The van der Waals surface area contributed by atoms with Crippen LogP contribution in [-0.4, -0.2) is 17.4 Å². The molecular weight excluding hydrogens is 343 g/mol. The number of furan rings is 1. The van der Waals surface area contributed by atoms with E-state index in [0.29, 0.717) is 18.7 Å². The fraction of sp³-hybridized carbons (Fsp3) is 0.227. The molecule has 4 nitrogen and oxygen atoms in total. The Kier molecular flexibility index (Phi) is 4.22. The van der Waals surface area contributed by atoms with Crippen molar-refractivity contribution < 1.29 is 13.6 Å². The number of hydrogen-bond donors (Lipinski definition) is 2. The largest absolute Gasteiger partial charge is 0.450 e. The third kappa shape index (κ3) is 3.10. The maximum atomic E-state index is 13.5. The number of carbonyl (C=O) groups excluding carboxylic acids is 1. The highest BCUT2D eigenvalue weighted by Crippen LogP contribution is 2.29. The number of hydrogen-bond acceptors (Lipinski definition) is 2. The van der Waals surface area contributed by atoms with Gasteiger partial charge in [-0.25, -0.2) is 4.39 Å². The number of aromatic amines is 1. The van der Waals surface area contributed by atoms with Crippen molar-refractivity contribution in [2.45, 2.75) is 27.2 Å². The van der Waals surface area contributed by atoms with E-state index in [1.165, 1.54) is 12.1 Å². The summed E-state index contributed by atoms with van der Waals surface area (Å²) in [6.07, 6.45) is 2.46. The first-order valence-corrected chi connectivity index (χ1v) is 8.98. The maximum absolute atomic E-state index is 13.5. The molecule has 138 valence electrons. The van der Waals surface area contributed by atoms with Crippen LogP contribution in [0.4, 0.5) is 4.39 Å². The summed E-state index contributed by atoms with van der Waals surface area (Å²) in [5, 5.41) is 4.73. The average Bonchev–Trinajstić information content (AvgIpc) is 3.17. The number of rotatable bonds is 4. The van der Waals surface area contributed by atoms with E-state index < -0.39 is 0 Å². The highest BCUT2D eigenvalue weighted by molar-refractivity contribution is 5.99. The van der Waals surface area contributed by atoms with Gasteiger partial charge < -0.3 is 14.7 Å². The van der Waals surface area contributed by atoms with Gasteiger partial charge >= 0.3 is 0 Å². The molecule has 0 fully saturated rings. The van der Waals surface area contributed by atoms with Crippen molar-refractivity contribution in [1.82, 2.24) is 10.3 Å². The van der Waals surface area contributed by atoms with Gasteiger partial charge in [-0.15, -0.1) is 0 Å². The van der Waals surface area contributed by atoms with Crippen molar-refractivity contribution >= 4 is 27.8 Å². The van der Waals surface area contributed by atoms with E-state index in [4.69, 9.17) is 4.42 Å². The minimum absolute atomic E-state index is 0.230. The Hall–Kier alpha value is -3.08. The molecule has 2 aromatic carbocycles. The number of aryl methyl sites for hydroxylation is 3. The Labute approximate surface area is 156 Å². The molecule has 0 aliphatic rings. The summed E-state index contributed by atoms with van der Waals surface area (Å²) < 4.78 is 19.3.